The van der Waals surface area contributed by atoms with Gasteiger partial charge in [0.1, 0.15) is 10.8 Å². The number of anilines is 1. The summed E-state index contributed by atoms with van der Waals surface area (Å²) in [6.45, 7) is 2.73. The molecule has 162 valence electrons. The Labute approximate surface area is 189 Å². The van der Waals surface area contributed by atoms with Gasteiger partial charge in [-0.2, -0.15) is 11.3 Å². The summed E-state index contributed by atoms with van der Waals surface area (Å²) in [4.78, 5) is 27.9. The maximum atomic E-state index is 13.2. The number of nitrogens with zero attached hydrogens (tertiary/aromatic N) is 3. The molecular weight excluding hydrogens is 432 g/mol. The average Bonchev–Trinajstić information content (AvgIpc) is 3.52. The van der Waals surface area contributed by atoms with Crippen molar-refractivity contribution < 1.29 is 14.3 Å². The summed E-state index contributed by atoms with van der Waals surface area (Å²) in [5.74, 6) is 0.0436. The first kappa shape index (κ1) is 21.5. The van der Waals surface area contributed by atoms with Gasteiger partial charge in [0, 0.05) is 23.9 Å². The quantitative estimate of drug-likeness (QED) is 0.535. The first-order chi connectivity index (χ1) is 15.1. The zero-order valence-electron chi connectivity index (χ0n) is 17.4. The molecule has 0 spiro atoms. The van der Waals surface area contributed by atoms with Gasteiger partial charge in [0.2, 0.25) is 16.9 Å². The summed E-state index contributed by atoms with van der Waals surface area (Å²) in [6, 6.07) is 9.25. The van der Waals surface area contributed by atoms with Gasteiger partial charge in [-0.3, -0.25) is 9.59 Å². The Balaban J connectivity index is 1.56. The summed E-state index contributed by atoms with van der Waals surface area (Å²) < 4.78 is 5.26. The van der Waals surface area contributed by atoms with E-state index in [4.69, 9.17) is 4.74 Å². The Bertz CT molecular complexity index is 1030. The molecule has 31 heavy (non-hydrogen) atoms. The number of nitrogens with one attached hydrogen (secondary N) is 1. The van der Waals surface area contributed by atoms with Crippen LogP contribution < -0.4 is 10.1 Å². The van der Waals surface area contributed by atoms with E-state index in [1.807, 2.05) is 46.0 Å². The number of benzene rings is 1. The molecule has 4 rings (SSSR count). The van der Waals surface area contributed by atoms with Crippen molar-refractivity contribution >= 4 is 39.6 Å². The lowest BCUT2D eigenvalue weighted by Crippen LogP contribution is -2.33. The fraction of sp³-hybridized carbons (Fsp3) is 0.364. The number of carbonyl (C=O) groups is 2. The second-order valence-corrected chi connectivity index (χ2v) is 9.14. The zero-order valence-corrected chi connectivity index (χ0v) is 19.0. The second-order valence-electron chi connectivity index (χ2n) is 7.38. The van der Waals surface area contributed by atoms with Gasteiger partial charge in [-0.15, -0.1) is 10.2 Å². The molecule has 1 saturated heterocycles. The predicted molar refractivity (Wildman–Crippen MR) is 122 cm³/mol. The van der Waals surface area contributed by atoms with E-state index in [2.05, 4.69) is 22.4 Å². The Hall–Kier alpha value is -2.78. The molecule has 3 heterocycles. The van der Waals surface area contributed by atoms with E-state index < -0.39 is 5.92 Å². The number of methoxy groups -OCH3 is 1. The molecule has 0 bridgehead atoms. The van der Waals surface area contributed by atoms with Gasteiger partial charge in [0.25, 0.3) is 0 Å². The monoisotopic (exact) mass is 456 g/mol. The van der Waals surface area contributed by atoms with Gasteiger partial charge < -0.3 is 15.0 Å². The normalized spacial score (nSPS) is 18.4. The third-order valence-corrected chi connectivity index (χ3v) is 6.97. The third kappa shape index (κ3) is 4.62. The Morgan fingerprint density at radius 1 is 1.26 bits per heavy atom. The van der Waals surface area contributed by atoms with Crippen molar-refractivity contribution in [3.8, 4) is 16.3 Å². The molecule has 2 aromatic heterocycles. The van der Waals surface area contributed by atoms with Crippen molar-refractivity contribution in [2.45, 2.75) is 32.2 Å². The molecule has 0 aliphatic carbocycles. The molecule has 2 atom stereocenters. The number of aromatic nitrogens is 2. The van der Waals surface area contributed by atoms with Gasteiger partial charge in [-0.1, -0.05) is 36.8 Å². The Morgan fingerprint density at radius 2 is 2.06 bits per heavy atom. The molecule has 2 unspecified atom stereocenters. The van der Waals surface area contributed by atoms with Crippen molar-refractivity contribution in [1.82, 2.24) is 15.1 Å². The summed E-state index contributed by atoms with van der Waals surface area (Å²) in [5, 5.41) is 16.4. The molecule has 3 aromatic rings. The number of hydrogen-bond donors (Lipinski definition) is 1. The van der Waals surface area contributed by atoms with Gasteiger partial charge in [0.15, 0.2) is 0 Å². The number of rotatable bonds is 8. The van der Waals surface area contributed by atoms with E-state index in [0.717, 1.165) is 34.7 Å². The molecular formula is C22H24N4O3S2. The van der Waals surface area contributed by atoms with E-state index in [9.17, 15) is 9.59 Å². The average molecular weight is 457 g/mol. The van der Waals surface area contributed by atoms with Crippen LogP contribution in [0.1, 0.15) is 37.8 Å². The highest BCUT2D eigenvalue weighted by molar-refractivity contribution is 7.19. The van der Waals surface area contributed by atoms with Gasteiger partial charge in [-0.05, 0) is 35.6 Å². The highest BCUT2D eigenvalue weighted by atomic mass is 32.1. The van der Waals surface area contributed by atoms with Crippen molar-refractivity contribution in [3.63, 3.8) is 0 Å². The maximum Gasteiger partial charge on any atom is 0.232 e. The molecule has 1 fully saturated rings. The SMILES string of the molecule is CCCCN1C(=O)CC(C(=O)Nc2nnc(-c3ccsc3)s2)C1c1ccc(OC)cc1. The van der Waals surface area contributed by atoms with Crippen LogP contribution in [0, 0.1) is 5.92 Å². The lowest BCUT2D eigenvalue weighted by molar-refractivity contribution is -0.129. The Morgan fingerprint density at radius 3 is 2.74 bits per heavy atom. The number of ether oxygens (including phenoxy) is 1. The fourth-order valence-electron chi connectivity index (χ4n) is 3.81. The highest BCUT2D eigenvalue weighted by Crippen LogP contribution is 2.40. The third-order valence-electron chi connectivity index (χ3n) is 5.40. The van der Waals surface area contributed by atoms with E-state index >= 15 is 0 Å². The standard InChI is InChI=1S/C22H24N4O3S2/c1-3-4-10-26-18(27)12-17(19(26)14-5-7-16(29-2)8-6-14)20(28)23-22-25-24-21(31-22)15-9-11-30-13-15/h5-9,11,13,17,19H,3-4,10,12H2,1-2H3,(H,23,25,28). The van der Waals surface area contributed by atoms with Crippen molar-refractivity contribution in [2.75, 3.05) is 19.0 Å². The van der Waals surface area contributed by atoms with E-state index in [-0.39, 0.29) is 24.3 Å². The number of likely N-dealkylation sites (tertiary alicyclic amines) is 1. The minimum atomic E-state index is -0.494. The van der Waals surface area contributed by atoms with Crippen LogP contribution >= 0.6 is 22.7 Å². The summed E-state index contributed by atoms with van der Waals surface area (Å²) >= 11 is 2.92. The summed E-state index contributed by atoms with van der Waals surface area (Å²) in [5.41, 5.74) is 1.92. The van der Waals surface area contributed by atoms with Crippen LogP contribution in [0.25, 0.3) is 10.6 Å². The number of amides is 2. The summed E-state index contributed by atoms with van der Waals surface area (Å²) in [6.07, 6.45) is 2.06. The van der Waals surface area contributed by atoms with Crippen LogP contribution in [0.15, 0.2) is 41.1 Å². The molecule has 7 nitrogen and oxygen atoms in total. The topological polar surface area (TPSA) is 84.4 Å². The Kier molecular flexibility index (Phi) is 6.62. The first-order valence-electron chi connectivity index (χ1n) is 10.2. The molecule has 1 N–H and O–H groups in total. The largest absolute Gasteiger partial charge is 0.497 e. The van der Waals surface area contributed by atoms with Crippen LogP contribution in [-0.2, 0) is 9.59 Å². The van der Waals surface area contributed by atoms with E-state index in [0.29, 0.717) is 11.7 Å². The van der Waals surface area contributed by atoms with Gasteiger partial charge in [0.05, 0.1) is 19.1 Å². The fourth-order valence-corrected chi connectivity index (χ4v) is 5.26. The molecule has 1 aromatic carbocycles. The van der Waals surface area contributed by atoms with Crippen LogP contribution in [0.2, 0.25) is 0 Å². The highest BCUT2D eigenvalue weighted by Gasteiger charge is 2.44. The van der Waals surface area contributed by atoms with Crippen LogP contribution in [-0.4, -0.2) is 40.6 Å². The lowest BCUT2D eigenvalue weighted by Gasteiger charge is -2.28. The molecule has 1 aliphatic rings. The van der Waals surface area contributed by atoms with E-state index in [1.54, 1.807) is 18.4 Å². The minimum Gasteiger partial charge on any atom is -0.497 e. The number of thiophene rings is 1. The number of carbonyl (C=O) groups excluding carboxylic acids is 2. The van der Waals surface area contributed by atoms with E-state index in [1.165, 1.54) is 11.3 Å². The zero-order chi connectivity index (χ0) is 21.8. The lowest BCUT2D eigenvalue weighted by atomic mass is 9.92. The predicted octanol–water partition coefficient (Wildman–Crippen LogP) is 4.60. The van der Waals surface area contributed by atoms with Gasteiger partial charge in [-0.25, -0.2) is 0 Å². The van der Waals surface area contributed by atoms with Crippen LogP contribution in [0.5, 0.6) is 5.75 Å². The van der Waals surface area contributed by atoms with Crippen molar-refractivity contribution in [2.24, 2.45) is 5.92 Å². The minimum absolute atomic E-state index is 0.00523. The number of hydrogen-bond acceptors (Lipinski definition) is 7. The van der Waals surface area contributed by atoms with Crippen molar-refractivity contribution in [1.29, 1.82) is 0 Å². The molecule has 9 heteroatoms. The van der Waals surface area contributed by atoms with Crippen LogP contribution in [0.4, 0.5) is 5.13 Å². The van der Waals surface area contributed by atoms with Crippen LogP contribution in [0.3, 0.4) is 0 Å². The molecule has 1 aliphatic heterocycles. The second kappa shape index (κ2) is 9.57. The van der Waals surface area contributed by atoms with Gasteiger partial charge >= 0.3 is 0 Å². The van der Waals surface area contributed by atoms with Crippen molar-refractivity contribution in [3.05, 3.63) is 46.7 Å². The maximum absolute atomic E-state index is 13.2. The summed E-state index contributed by atoms with van der Waals surface area (Å²) in [7, 11) is 1.62. The molecule has 0 radical (unpaired) electrons. The molecule has 0 saturated carbocycles. The smallest absolute Gasteiger partial charge is 0.232 e. The molecule has 2 amide bonds. The number of unbranched alkanes of at least 4 members (excludes halogenated alkanes) is 1. The first-order valence-corrected chi connectivity index (χ1v) is 12.0.